The summed E-state index contributed by atoms with van der Waals surface area (Å²) in [5.74, 6) is -0.287. The molecule has 2 aromatic rings. The molecule has 0 spiro atoms. The summed E-state index contributed by atoms with van der Waals surface area (Å²) in [7, 11) is 1.72. The first-order valence-electron chi connectivity index (χ1n) is 12.5. The Morgan fingerprint density at radius 1 is 1.20 bits per heavy atom. The van der Waals surface area contributed by atoms with Crippen molar-refractivity contribution in [2.75, 3.05) is 31.6 Å². The van der Waals surface area contributed by atoms with Crippen LogP contribution in [0.5, 0.6) is 0 Å². The standard InChI is InChI=1S/C27H41N5O3/c1-18(29-5)25(34)30-24(27(2,3)4)26(35)31-14-8-11-22(31)17-32(23(33)16-28)21-13-12-19-9-6-7-10-20(19)15-21/h6-7,9-10,12-13,15,18,22-24,29,33H,8,11,14,16-17,28H2,1-5H3,(H,30,34)/t18-,22-,23?,24+/m0/s1. The van der Waals surface area contributed by atoms with Crippen LogP contribution in [0.3, 0.4) is 0 Å². The summed E-state index contributed by atoms with van der Waals surface area (Å²) in [6.45, 7) is 8.82. The van der Waals surface area contributed by atoms with E-state index in [-0.39, 0.29) is 24.4 Å². The van der Waals surface area contributed by atoms with Crippen LogP contribution in [0, 0.1) is 5.41 Å². The fourth-order valence-corrected chi connectivity index (χ4v) is 4.64. The van der Waals surface area contributed by atoms with Crippen LogP contribution >= 0.6 is 0 Å². The molecule has 8 heteroatoms. The number of carbonyl (C=O) groups is 2. The van der Waals surface area contributed by atoms with Gasteiger partial charge in [-0.15, -0.1) is 0 Å². The van der Waals surface area contributed by atoms with E-state index in [0.717, 1.165) is 29.3 Å². The number of anilines is 1. The quantitative estimate of drug-likeness (QED) is 0.406. The number of nitrogens with two attached hydrogens (primary N) is 1. The van der Waals surface area contributed by atoms with Crippen LogP contribution in [-0.4, -0.2) is 72.9 Å². The first-order chi connectivity index (χ1) is 16.6. The molecular formula is C27H41N5O3. The minimum atomic E-state index is -0.872. The van der Waals surface area contributed by atoms with Gasteiger partial charge < -0.3 is 31.3 Å². The van der Waals surface area contributed by atoms with E-state index in [4.69, 9.17) is 5.73 Å². The van der Waals surface area contributed by atoms with Crippen molar-refractivity contribution in [3.8, 4) is 0 Å². The molecule has 2 amide bonds. The zero-order chi connectivity index (χ0) is 25.8. The monoisotopic (exact) mass is 483 g/mol. The predicted octanol–water partition coefficient (Wildman–Crippen LogP) is 2.05. The molecule has 0 bridgehead atoms. The normalized spacial score (nSPS) is 18.8. The van der Waals surface area contributed by atoms with E-state index in [1.165, 1.54) is 0 Å². The molecular weight excluding hydrogens is 442 g/mol. The molecule has 1 heterocycles. The van der Waals surface area contributed by atoms with Crippen molar-refractivity contribution in [2.45, 2.75) is 64.9 Å². The Morgan fingerprint density at radius 2 is 1.89 bits per heavy atom. The van der Waals surface area contributed by atoms with E-state index >= 15 is 0 Å². The summed E-state index contributed by atoms with van der Waals surface area (Å²) in [6, 6.07) is 13.0. The number of likely N-dealkylation sites (N-methyl/N-ethyl adjacent to an activating group) is 1. The average Bonchev–Trinajstić information content (AvgIpc) is 3.31. The molecule has 0 aromatic heterocycles. The van der Waals surface area contributed by atoms with Gasteiger partial charge in [-0.2, -0.15) is 0 Å². The second kappa shape index (κ2) is 11.4. The highest BCUT2D eigenvalue weighted by Gasteiger charge is 2.40. The number of aliphatic hydroxyl groups is 1. The molecule has 1 saturated heterocycles. The highest BCUT2D eigenvalue weighted by atomic mass is 16.3. The van der Waals surface area contributed by atoms with Crippen molar-refractivity contribution >= 4 is 28.3 Å². The maximum atomic E-state index is 13.8. The molecule has 0 radical (unpaired) electrons. The van der Waals surface area contributed by atoms with Crippen LogP contribution in [0.2, 0.25) is 0 Å². The number of amides is 2. The van der Waals surface area contributed by atoms with Gasteiger partial charge in [0.1, 0.15) is 12.3 Å². The topological polar surface area (TPSA) is 111 Å². The maximum absolute atomic E-state index is 13.8. The number of nitrogens with one attached hydrogen (secondary N) is 2. The second-order valence-electron chi connectivity index (χ2n) is 10.5. The van der Waals surface area contributed by atoms with Crippen LogP contribution in [0.1, 0.15) is 40.5 Å². The molecule has 0 aliphatic carbocycles. The molecule has 1 fully saturated rings. The molecule has 0 saturated carbocycles. The number of likely N-dealkylation sites (tertiary alicyclic amines) is 1. The third kappa shape index (κ3) is 6.31. The zero-order valence-electron chi connectivity index (χ0n) is 21.6. The van der Waals surface area contributed by atoms with Crippen molar-refractivity contribution in [3.05, 3.63) is 42.5 Å². The van der Waals surface area contributed by atoms with Gasteiger partial charge in [0.25, 0.3) is 0 Å². The minimum Gasteiger partial charge on any atom is -0.372 e. The fourth-order valence-electron chi connectivity index (χ4n) is 4.64. The summed E-state index contributed by atoms with van der Waals surface area (Å²) >= 11 is 0. The largest absolute Gasteiger partial charge is 0.372 e. The predicted molar refractivity (Wildman–Crippen MR) is 141 cm³/mol. The molecule has 8 nitrogen and oxygen atoms in total. The van der Waals surface area contributed by atoms with E-state index in [2.05, 4.69) is 16.7 Å². The Morgan fingerprint density at radius 3 is 2.51 bits per heavy atom. The molecule has 4 atom stereocenters. The Hall–Kier alpha value is -2.68. The summed E-state index contributed by atoms with van der Waals surface area (Å²) < 4.78 is 0. The lowest BCUT2D eigenvalue weighted by molar-refractivity contribution is -0.140. The van der Waals surface area contributed by atoms with Crippen molar-refractivity contribution < 1.29 is 14.7 Å². The summed E-state index contributed by atoms with van der Waals surface area (Å²) in [4.78, 5) is 30.2. The number of nitrogens with zero attached hydrogens (tertiary/aromatic N) is 2. The lowest BCUT2D eigenvalue weighted by atomic mass is 9.85. The van der Waals surface area contributed by atoms with Gasteiger partial charge in [0.15, 0.2) is 0 Å². The van der Waals surface area contributed by atoms with E-state index in [0.29, 0.717) is 13.1 Å². The second-order valence-corrected chi connectivity index (χ2v) is 10.5. The average molecular weight is 484 g/mol. The number of rotatable bonds is 9. The number of fused-ring (bicyclic) bond motifs is 1. The van der Waals surface area contributed by atoms with Gasteiger partial charge in [-0.05, 0) is 55.1 Å². The van der Waals surface area contributed by atoms with E-state index in [1.807, 2.05) is 67.0 Å². The van der Waals surface area contributed by atoms with Gasteiger partial charge in [0, 0.05) is 31.4 Å². The third-order valence-electron chi connectivity index (χ3n) is 6.93. The molecule has 5 N–H and O–H groups in total. The van der Waals surface area contributed by atoms with Crippen LogP contribution in [-0.2, 0) is 9.59 Å². The van der Waals surface area contributed by atoms with Crippen LogP contribution in [0.25, 0.3) is 10.8 Å². The van der Waals surface area contributed by atoms with Gasteiger partial charge in [-0.1, -0.05) is 51.1 Å². The third-order valence-corrected chi connectivity index (χ3v) is 6.93. The first-order valence-corrected chi connectivity index (χ1v) is 12.5. The Labute approximate surface area is 208 Å². The minimum absolute atomic E-state index is 0.0794. The van der Waals surface area contributed by atoms with Crippen molar-refractivity contribution in [1.82, 2.24) is 15.5 Å². The maximum Gasteiger partial charge on any atom is 0.246 e. The van der Waals surface area contributed by atoms with E-state index in [1.54, 1.807) is 14.0 Å². The molecule has 1 unspecified atom stereocenters. The van der Waals surface area contributed by atoms with Gasteiger partial charge in [-0.3, -0.25) is 9.59 Å². The number of hydrogen-bond acceptors (Lipinski definition) is 6. The number of hydrogen-bond donors (Lipinski definition) is 4. The summed E-state index contributed by atoms with van der Waals surface area (Å²) in [6.07, 6.45) is 0.826. The van der Waals surface area contributed by atoms with Gasteiger partial charge in [0.05, 0.1) is 6.04 Å². The van der Waals surface area contributed by atoms with Crippen molar-refractivity contribution in [3.63, 3.8) is 0 Å². The fraction of sp³-hybridized carbons (Fsp3) is 0.556. The smallest absolute Gasteiger partial charge is 0.246 e. The van der Waals surface area contributed by atoms with Crippen molar-refractivity contribution in [1.29, 1.82) is 0 Å². The summed E-state index contributed by atoms with van der Waals surface area (Å²) in [5, 5.41) is 18.9. The lowest BCUT2D eigenvalue weighted by Crippen LogP contribution is -2.59. The Bertz CT molecular complexity index is 1020. The van der Waals surface area contributed by atoms with Crippen LogP contribution in [0.4, 0.5) is 5.69 Å². The SMILES string of the molecule is CN[C@@H](C)C(=O)N[C@H](C(=O)N1CCC[C@H]1CN(c1ccc2ccccc2c1)C(O)CN)C(C)(C)C. The summed E-state index contributed by atoms with van der Waals surface area (Å²) in [5.41, 5.74) is 6.28. The van der Waals surface area contributed by atoms with Gasteiger partial charge in [-0.25, -0.2) is 0 Å². The van der Waals surface area contributed by atoms with E-state index in [9.17, 15) is 14.7 Å². The first kappa shape index (κ1) is 26.9. The Balaban J connectivity index is 1.85. The molecule has 2 aromatic carbocycles. The highest BCUT2D eigenvalue weighted by Crippen LogP contribution is 2.29. The van der Waals surface area contributed by atoms with Crippen molar-refractivity contribution in [2.24, 2.45) is 11.1 Å². The lowest BCUT2D eigenvalue weighted by Gasteiger charge is -2.39. The molecule has 1 aliphatic heterocycles. The number of aliphatic hydroxyl groups excluding tert-OH is 1. The number of carbonyl (C=O) groups excluding carboxylic acids is 2. The van der Waals surface area contributed by atoms with Crippen LogP contribution in [0.15, 0.2) is 42.5 Å². The van der Waals surface area contributed by atoms with Gasteiger partial charge in [0.2, 0.25) is 11.8 Å². The van der Waals surface area contributed by atoms with E-state index < -0.39 is 23.7 Å². The molecule has 3 rings (SSSR count). The molecule has 1 aliphatic rings. The zero-order valence-corrected chi connectivity index (χ0v) is 21.6. The Kier molecular flexibility index (Phi) is 8.74. The molecule has 35 heavy (non-hydrogen) atoms. The number of benzene rings is 2. The highest BCUT2D eigenvalue weighted by molar-refractivity contribution is 5.90. The van der Waals surface area contributed by atoms with Crippen LogP contribution < -0.4 is 21.3 Å². The molecule has 192 valence electrons. The van der Waals surface area contributed by atoms with Gasteiger partial charge >= 0.3 is 0 Å².